The molecule has 116 valence electrons. The van der Waals surface area contributed by atoms with E-state index >= 15 is 0 Å². The van der Waals surface area contributed by atoms with Gasteiger partial charge in [-0.3, -0.25) is 0 Å². The van der Waals surface area contributed by atoms with Crippen molar-refractivity contribution in [3.63, 3.8) is 0 Å². The summed E-state index contributed by atoms with van der Waals surface area (Å²) in [7, 11) is 0. The first-order valence-corrected chi connectivity index (χ1v) is 6.95. The van der Waals surface area contributed by atoms with Crippen LogP contribution in [0.3, 0.4) is 0 Å². The van der Waals surface area contributed by atoms with Crippen molar-refractivity contribution in [1.29, 1.82) is 0 Å². The van der Waals surface area contributed by atoms with E-state index in [1.54, 1.807) is 27.7 Å². The monoisotopic (exact) mass is 287 g/mol. The molecule has 1 rings (SSSR count). The highest BCUT2D eigenvalue weighted by molar-refractivity contribution is 5.80. The Morgan fingerprint density at radius 1 is 1.30 bits per heavy atom. The molecule has 0 radical (unpaired) electrons. The second-order valence-corrected chi connectivity index (χ2v) is 6.80. The minimum atomic E-state index is -1.07. The van der Waals surface area contributed by atoms with Gasteiger partial charge in [0.2, 0.25) is 0 Å². The molecule has 0 saturated heterocycles. The number of nitrogens with one attached hydrogen (secondary N) is 1. The molecule has 0 heterocycles. The summed E-state index contributed by atoms with van der Waals surface area (Å²) in [6, 6.07) is -0.971. The van der Waals surface area contributed by atoms with Crippen LogP contribution in [0.2, 0.25) is 0 Å². The lowest BCUT2D eigenvalue weighted by Crippen LogP contribution is -2.49. The molecule has 0 spiro atoms. The van der Waals surface area contributed by atoms with Gasteiger partial charge in [0, 0.05) is 0 Å². The van der Waals surface area contributed by atoms with Gasteiger partial charge in [0.25, 0.3) is 0 Å². The average Bonchev–Trinajstić information content (AvgIpc) is 2.23. The highest BCUT2D eigenvalue weighted by atomic mass is 16.6. The summed E-state index contributed by atoms with van der Waals surface area (Å²) in [4.78, 5) is 23.0. The third-order valence-electron chi connectivity index (χ3n) is 3.52. The quantitative estimate of drug-likeness (QED) is 0.737. The van der Waals surface area contributed by atoms with E-state index in [9.17, 15) is 19.8 Å². The molecule has 0 aliphatic heterocycles. The van der Waals surface area contributed by atoms with E-state index in [0.29, 0.717) is 25.7 Å². The number of aliphatic hydroxyl groups is 1. The Kier molecular flexibility index (Phi) is 5.02. The maximum atomic E-state index is 11.7. The molecule has 20 heavy (non-hydrogen) atoms. The van der Waals surface area contributed by atoms with Crippen LogP contribution in [-0.2, 0) is 9.53 Å². The fraction of sp³-hybridized carbons (Fsp3) is 0.857. The largest absolute Gasteiger partial charge is 0.480 e. The molecule has 1 saturated carbocycles. The maximum absolute atomic E-state index is 11.7. The van der Waals surface area contributed by atoms with E-state index < -0.39 is 29.3 Å². The highest BCUT2D eigenvalue weighted by Crippen LogP contribution is 2.33. The summed E-state index contributed by atoms with van der Waals surface area (Å²) >= 11 is 0. The third kappa shape index (κ3) is 5.36. The van der Waals surface area contributed by atoms with Crippen molar-refractivity contribution >= 4 is 12.1 Å². The molecule has 0 aromatic rings. The van der Waals surface area contributed by atoms with Crippen molar-refractivity contribution in [2.45, 2.75) is 70.6 Å². The van der Waals surface area contributed by atoms with Crippen LogP contribution < -0.4 is 5.32 Å². The number of carbonyl (C=O) groups is 2. The molecule has 1 amide bonds. The Morgan fingerprint density at radius 2 is 1.80 bits per heavy atom. The number of carboxylic acids is 1. The molecular formula is C14H25NO5. The average molecular weight is 287 g/mol. The SMILES string of the molecule is CC(C)(C)OC(=O)N[C@H](C(=O)O)[C@H]1CC[C@](C)(O)CC1. The number of rotatable bonds is 3. The first-order valence-electron chi connectivity index (χ1n) is 6.95. The lowest BCUT2D eigenvalue weighted by molar-refractivity contribution is -0.142. The number of hydrogen-bond acceptors (Lipinski definition) is 4. The van der Waals surface area contributed by atoms with Crippen molar-refractivity contribution in [1.82, 2.24) is 5.32 Å². The zero-order chi connectivity index (χ0) is 15.6. The number of amides is 1. The molecule has 0 aromatic carbocycles. The van der Waals surface area contributed by atoms with Crippen molar-refractivity contribution in [3.05, 3.63) is 0 Å². The van der Waals surface area contributed by atoms with Crippen LogP contribution in [0.25, 0.3) is 0 Å². The third-order valence-corrected chi connectivity index (χ3v) is 3.52. The molecule has 0 aromatic heterocycles. The molecular weight excluding hydrogens is 262 g/mol. The van der Waals surface area contributed by atoms with Crippen molar-refractivity contribution in [3.8, 4) is 0 Å². The van der Waals surface area contributed by atoms with Crippen LogP contribution in [0.5, 0.6) is 0 Å². The van der Waals surface area contributed by atoms with E-state index in [1.807, 2.05) is 0 Å². The summed E-state index contributed by atoms with van der Waals surface area (Å²) < 4.78 is 5.09. The van der Waals surface area contributed by atoms with Crippen LogP contribution in [0, 0.1) is 5.92 Å². The fourth-order valence-electron chi connectivity index (χ4n) is 2.41. The minimum absolute atomic E-state index is 0.180. The van der Waals surface area contributed by atoms with Crippen LogP contribution >= 0.6 is 0 Å². The molecule has 0 bridgehead atoms. The number of aliphatic carboxylic acids is 1. The van der Waals surface area contributed by atoms with Gasteiger partial charge in [-0.25, -0.2) is 9.59 Å². The molecule has 1 fully saturated rings. The second-order valence-electron chi connectivity index (χ2n) is 6.80. The Labute approximate surface area is 119 Å². The van der Waals surface area contributed by atoms with Gasteiger partial charge in [0.1, 0.15) is 11.6 Å². The lowest BCUT2D eigenvalue weighted by Gasteiger charge is -2.35. The molecule has 6 heteroatoms. The van der Waals surface area contributed by atoms with Gasteiger partial charge in [-0.2, -0.15) is 0 Å². The number of alkyl carbamates (subject to hydrolysis) is 1. The Bertz CT molecular complexity index is 362. The molecule has 1 aliphatic rings. The zero-order valence-corrected chi connectivity index (χ0v) is 12.6. The van der Waals surface area contributed by atoms with Gasteiger partial charge >= 0.3 is 12.1 Å². The lowest BCUT2D eigenvalue weighted by atomic mass is 9.77. The van der Waals surface area contributed by atoms with Gasteiger partial charge in [-0.1, -0.05) is 0 Å². The predicted molar refractivity (Wildman–Crippen MR) is 73.4 cm³/mol. The molecule has 0 unspecified atom stereocenters. The van der Waals surface area contributed by atoms with Gasteiger partial charge < -0.3 is 20.3 Å². The summed E-state index contributed by atoms with van der Waals surface area (Å²) in [5, 5.41) is 21.6. The number of carboxylic acid groups (broad SMARTS) is 1. The fourth-order valence-corrected chi connectivity index (χ4v) is 2.41. The van der Waals surface area contributed by atoms with Crippen LogP contribution in [0.1, 0.15) is 53.4 Å². The summed E-state index contributed by atoms with van der Waals surface area (Å²) in [6.07, 6.45) is 1.50. The van der Waals surface area contributed by atoms with E-state index in [-0.39, 0.29) is 5.92 Å². The molecule has 1 atom stereocenters. The minimum Gasteiger partial charge on any atom is -0.480 e. The van der Waals surface area contributed by atoms with E-state index in [0.717, 1.165) is 0 Å². The second kappa shape index (κ2) is 5.99. The van der Waals surface area contributed by atoms with Crippen molar-refractivity contribution in [2.75, 3.05) is 0 Å². The predicted octanol–water partition coefficient (Wildman–Crippen LogP) is 1.91. The van der Waals surface area contributed by atoms with Crippen LogP contribution in [0.4, 0.5) is 4.79 Å². The number of hydrogen-bond donors (Lipinski definition) is 3. The first-order chi connectivity index (χ1) is 9.00. The smallest absolute Gasteiger partial charge is 0.408 e. The topological polar surface area (TPSA) is 95.9 Å². The van der Waals surface area contributed by atoms with Crippen molar-refractivity contribution < 1.29 is 24.5 Å². The summed E-state index contributed by atoms with van der Waals surface area (Å²) in [6.45, 7) is 6.92. The first kappa shape index (κ1) is 16.8. The van der Waals surface area contributed by atoms with E-state index in [2.05, 4.69) is 5.32 Å². The highest BCUT2D eigenvalue weighted by Gasteiger charge is 2.37. The Morgan fingerprint density at radius 3 is 2.20 bits per heavy atom. The van der Waals surface area contributed by atoms with E-state index in [1.165, 1.54) is 0 Å². The zero-order valence-electron chi connectivity index (χ0n) is 12.6. The van der Waals surface area contributed by atoms with Crippen LogP contribution in [-0.4, -0.2) is 39.5 Å². The number of ether oxygens (including phenoxy) is 1. The van der Waals surface area contributed by atoms with Gasteiger partial charge in [-0.05, 0) is 59.3 Å². The standard InChI is InChI=1S/C14H25NO5/c1-13(2,3)20-12(18)15-10(11(16)17)9-5-7-14(4,19)8-6-9/h9-10,19H,5-8H2,1-4H3,(H,15,18)(H,16,17)/t9-,10-,14-/m0/s1. The van der Waals surface area contributed by atoms with Crippen molar-refractivity contribution in [2.24, 2.45) is 5.92 Å². The molecule has 1 aliphatic carbocycles. The molecule has 3 N–H and O–H groups in total. The maximum Gasteiger partial charge on any atom is 0.408 e. The van der Waals surface area contributed by atoms with Crippen LogP contribution in [0.15, 0.2) is 0 Å². The van der Waals surface area contributed by atoms with Gasteiger partial charge in [0.05, 0.1) is 5.60 Å². The Hall–Kier alpha value is -1.30. The molecule has 6 nitrogen and oxygen atoms in total. The number of carbonyl (C=O) groups excluding carboxylic acids is 1. The van der Waals surface area contributed by atoms with Gasteiger partial charge in [0.15, 0.2) is 0 Å². The summed E-state index contributed by atoms with van der Waals surface area (Å²) in [5.41, 5.74) is -1.39. The van der Waals surface area contributed by atoms with Gasteiger partial charge in [-0.15, -0.1) is 0 Å². The normalized spacial score (nSPS) is 28.6. The van der Waals surface area contributed by atoms with E-state index in [4.69, 9.17) is 4.74 Å². The Balaban J connectivity index is 2.62. The summed E-state index contributed by atoms with van der Waals surface area (Å²) in [5.74, 6) is -1.25.